The summed E-state index contributed by atoms with van der Waals surface area (Å²) < 4.78 is 21.0. The Hall–Kier alpha value is -2.80. The molecule has 1 aromatic heterocycles. The first-order valence-electron chi connectivity index (χ1n) is 8.03. The molecule has 0 saturated carbocycles. The predicted octanol–water partition coefficient (Wildman–Crippen LogP) is 3.22. The van der Waals surface area contributed by atoms with Gasteiger partial charge in [0.25, 0.3) is 0 Å². The van der Waals surface area contributed by atoms with Crippen LogP contribution in [0.3, 0.4) is 0 Å². The van der Waals surface area contributed by atoms with Crippen LogP contribution >= 0.6 is 0 Å². The first kappa shape index (κ1) is 17.0. The Bertz CT molecular complexity index is 836. The van der Waals surface area contributed by atoms with E-state index in [2.05, 4.69) is 20.8 Å². The average Bonchev–Trinajstić information content (AvgIpc) is 3.12. The van der Waals surface area contributed by atoms with E-state index in [0.717, 1.165) is 5.69 Å². The monoisotopic (exact) mass is 341 g/mol. The van der Waals surface area contributed by atoms with Crippen LogP contribution in [0.15, 0.2) is 48.5 Å². The fourth-order valence-corrected chi connectivity index (χ4v) is 2.74. The molecule has 7 heteroatoms. The van der Waals surface area contributed by atoms with E-state index in [0.29, 0.717) is 17.1 Å². The lowest BCUT2D eigenvalue weighted by Gasteiger charge is -2.20. The maximum Gasteiger partial charge on any atom is 0.173 e. The van der Waals surface area contributed by atoms with Gasteiger partial charge in [-0.25, -0.2) is 4.39 Å². The van der Waals surface area contributed by atoms with E-state index in [1.165, 1.54) is 13.2 Å². The number of rotatable bonds is 6. The van der Waals surface area contributed by atoms with Crippen molar-refractivity contribution in [3.05, 3.63) is 65.7 Å². The van der Waals surface area contributed by atoms with Crippen LogP contribution in [0.25, 0.3) is 5.69 Å². The van der Waals surface area contributed by atoms with Gasteiger partial charge in [-0.15, -0.1) is 5.10 Å². The van der Waals surface area contributed by atoms with Crippen molar-refractivity contribution in [3.63, 3.8) is 0 Å². The second-order valence-corrected chi connectivity index (χ2v) is 5.78. The third-order valence-corrected chi connectivity index (χ3v) is 4.06. The van der Waals surface area contributed by atoms with Gasteiger partial charge in [-0.2, -0.15) is 4.68 Å². The molecule has 2 atom stereocenters. The second kappa shape index (κ2) is 7.40. The zero-order valence-electron chi connectivity index (χ0n) is 14.3. The van der Waals surface area contributed by atoms with Crippen LogP contribution in [0.2, 0.25) is 0 Å². The smallest absolute Gasteiger partial charge is 0.173 e. The molecule has 3 rings (SSSR count). The Balaban J connectivity index is 1.79. The van der Waals surface area contributed by atoms with E-state index < -0.39 is 0 Å². The normalized spacial score (nSPS) is 13.4. The third-order valence-electron chi connectivity index (χ3n) is 4.06. The van der Waals surface area contributed by atoms with Crippen LogP contribution in [0.1, 0.15) is 37.3 Å². The minimum Gasteiger partial charge on any atom is -0.497 e. The number of ether oxygens (including phenoxy) is 1. The molecule has 0 aliphatic rings. The minimum atomic E-state index is -0.311. The van der Waals surface area contributed by atoms with Gasteiger partial charge in [-0.3, -0.25) is 0 Å². The first-order chi connectivity index (χ1) is 12.1. The average molecular weight is 341 g/mol. The first-order valence-corrected chi connectivity index (χ1v) is 8.03. The molecular weight excluding hydrogens is 321 g/mol. The lowest BCUT2D eigenvalue weighted by molar-refractivity contribution is 0.407. The van der Waals surface area contributed by atoms with Gasteiger partial charge in [-0.1, -0.05) is 24.3 Å². The molecule has 0 aliphatic heterocycles. The predicted molar refractivity (Wildman–Crippen MR) is 92.1 cm³/mol. The van der Waals surface area contributed by atoms with Gasteiger partial charge < -0.3 is 10.1 Å². The van der Waals surface area contributed by atoms with Crippen molar-refractivity contribution in [2.45, 2.75) is 25.9 Å². The molecule has 0 amide bonds. The Morgan fingerprint density at radius 1 is 1.08 bits per heavy atom. The number of para-hydroxylation sites is 1. The highest BCUT2D eigenvalue weighted by Crippen LogP contribution is 2.24. The Morgan fingerprint density at radius 3 is 2.52 bits per heavy atom. The number of halogens is 1. The summed E-state index contributed by atoms with van der Waals surface area (Å²) in [6.45, 7) is 3.85. The summed E-state index contributed by atoms with van der Waals surface area (Å²) in [5, 5.41) is 15.3. The fourth-order valence-electron chi connectivity index (χ4n) is 2.74. The molecule has 2 aromatic carbocycles. The molecule has 3 aromatic rings. The summed E-state index contributed by atoms with van der Waals surface area (Å²) in [6, 6.07) is 14.1. The van der Waals surface area contributed by atoms with E-state index >= 15 is 0 Å². The van der Waals surface area contributed by atoms with Crippen LogP contribution < -0.4 is 10.1 Å². The second-order valence-electron chi connectivity index (χ2n) is 5.78. The van der Waals surface area contributed by atoms with Crippen molar-refractivity contribution in [2.24, 2.45) is 0 Å². The molecule has 0 spiro atoms. The van der Waals surface area contributed by atoms with Gasteiger partial charge in [-0.05, 0) is 42.5 Å². The number of methoxy groups -OCH3 is 1. The molecule has 0 radical (unpaired) electrons. The molecule has 0 fully saturated rings. The van der Waals surface area contributed by atoms with E-state index in [4.69, 9.17) is 4.74 Å². The summed E-state index contributed by atoms with van der Waals surface area (Å²) in [5.41, 5.74) is 1.44. The van der Waals surface area contributed by atoms with Gasteiger partial charge in [0.05, 0.1) is 18.8 Å². The van der Waals surface area contributed by atoms with Gasteiger partial charge >= 0.3 is 0 Å². The molecule has 0 aliphatic carbocycles. The summed E-state index contributed by atoms with van der Waals surface area (Å²) >= 11 is 0. The van der Waals surface area contributed by atoms with Crippen LogP contribution in [0, 0.1) is 5.82 Å². The van der Waals surface area contributed by atoms with Gasteiger partial charge in [0.15, 0.2) is 5.82 Å². The summed E-state index contributed by atoms with van der Waals surface area (Å²) in [5.74, 6) is 0.843. The highest BCUT2D eigenvalue weighted by molar-refractivity contribution is 5.32. The SMILES string of the molecule is COc1ccc([C@@H](C)N[C@H](C)c2nnnn2-c2ccccc2)c(F)c1. The largest absolute Gasteiger partial charge is 0.497 e. The van der Waals surface area contributed by atoms with Crippen molar-refractivity contribution in [2.75, 3.05) is 7.11 Å². The minimum absolute atomic E-state index is 0.174. The maximum absolute atomic E-state index is 14.3. The van der Waals surface area contributed by atoms with Crippen molar-refractivity contribution >= 4 is 0 Å². The number of nitrogens with one attached hydrogen (secondary N) is 1. The maximum atomic E-state index is 14.3. The van der Waals surface area contributed by atoms with Crippen LogP contribution in [0.5, 0.6) is 5.75 Å². The standard InChI is InChI=1S/C18H20FN5O/c1-12(16-10-9-15(25-3)11-17(16)19)20-13(2)18-21-22-23-24(18)14-7-5-4-6-8-14/h4-13,20H,1-3H3/t12-,13-/m1/s1. The zero-order valence-corrected chi connectivity index (χ0v) is 14.3. The number of hydrogen-bond acceptors (Lipinski definition) is 5. The molecular formula is C18H20FN5O. The topological polar surface area (TPSA) is 64.9 Å². The van der Waals surface area contributed by atoms with E-state index in [1.54, 1.807) is 16.8 Å². The number of nitrogens with zero attached hydrogens (tertiary/aromatic N) is 4. The van der Waals surface area contributed by atoms with Crippen molar-refractivity contribution in [1.29, 1.82) is 0 Å². The summed E-state index contributed by atoms with van der Waals surface area (Å²) in [6.07, 6.45) is 0. The lowest BCUT2D eigenvalue weighted by Crippen LogP contribution is -2.25. The van der Waals surface area contributed by atoms with Crippen LogP contribution in [-0.2, 0) is 0 Å². The molecule has 0 saturated heterocycles. The van der Waals surface area contributed by atoms with Gasteiger partial charge in [0.1, 0.15) is 11.6 Å². The van der Waals surface area contributed by atoms with E-state index in [-0.39, 0.29) is 17.9 Å². The quantitative estimate of drug-likeness (QED) is 0.746. The number of tetrazole rings is 1. The summed E-state index contributed by atoms with van der Waals surface area (Å²) in [4.78, 5) is 0. The van der Waals surface area contributed by atoms with Crippen molar-refractivity contribution < 1.29 is 9.13 Å². The van der Waals surface area contributed by atoms with Crippen LogP contribution in [-0.4, -0.2) is 27.3 Å². The Labute approximate surface area is 145 Å². The highest BCUT2D eigenvalue weighted by Gasteiger charge is 2.20. The molecule has 25 heavy (non-hydrogen) atoms. The molecule has 0 unspecified atom stereocenters. The van der Waals surface area contributed by atoms with Gasteiger partial charge in [0, 0.05) is 17.7 Å². The van der Waals surface area contributed by atoms with Crippen molar-refractivity contribution in [1.82, 2.24) is 25.5 Å². The Kier molecular flexibility index (Phi) is 5.04. The van der Waals surface area contributed by atoms with Crippen molar-refractivity contribution in [3.8, 4) is 11.4 Å². The number of hydrogen-bond donors (Lipinski definition) is 1. The molecule has 0 bridgehead atoms. The number of benzene rings is 2. The fraction of sp³-hybridized carbons (Fsp3) is 0.278. The lowest BCUT2D eigenvalue weighted by atomic mass is 10.1. The molecule has 130 valence electrons. The molecule has 1 N–H and O–H groups in total. The molecule has 1 heterocycles. The Morgan fingerprint density at radius 2 is 1.84 bits per heavy atom. The van der Waals surface area contributed by atoms with E-state index in [1.807, 2.05) is 44.2 Å². The molecule has 6 nitrogen and oxygen atoms in total. The summed E-state index contributed by atoms with van der Waals surface area (Å²) in [7, 11) is 1.52. The van der Waals surface area contributed by atoms with Crippen LogP contribution in [0.4, 0.5) is 4.39 Å². The highest BCUT2D eigenvalue weighted by atomic mass is 19.1. The van der Waals surface area contributed by atoms with E-state index in [9.17, 15) is 4.39 Å². The number of aromatic nitrogens is 4. The van der Waals surface area contributed by atoms with Gasteiger partial charge in [0.2, 0.25) is 0 Å². The zero-order chi connectivity index (χ0) is 17.8. The third kappa shape index (κ3) is 3.66.